The molecule has 1 N–H and O–H groups in total. The van der Waals surface area contributed by atoms with Crippen molar-refractivity contribution >= 4 is 11.6 Å². The zero-order chi connectivity index (χ0) is 16.0. The number of nitrogens with zero attached hydrogens (tertiary/aromatic N) is 4. The summed E-state index contributed by atoms with van der Waals surface area (Å²) < 4.78 is 40.4. The van der Waals surface area contributed by atoms with Crippen LogP contribution in [0, 0.1) is 6.92 Å². The van der Waals surface area contributed by atoms with Crippen molar-refractivity contribution in [2.75, 3.05) is 0 Å². The molecule has 0 spiro atoms. The van der Waals surface area contributed by atoms with E-state index in [0.717, 1.165) is 5.56 Å². The predicted molar refractivity (Wildman–Crippen MR) is 67.3 cm³/mol. The van der Waals surface area contributed by atoms with E-state index in [1.54, 1.807) is 6.92 Å². The first-order chi connectivity index (χ1) is 9.56. The highest BCUT2D eigenvalue weighted by Gasteiger charge is 2.63. The summed E-state index contributed by atoms with van der Waals surface area (Å²) in [5, 5.41) is 17.4. The van der Waals surface area contributed by atoms with Crippen LogP contribution in [0.25, 0.3) is 0 Å². The summed E-state index contributed by atoms with van der Waals surface area (Å²) in [4.78, 5) is 12.3. The number of carbonyl (C=O) groups is 1. The zero-order valence-corrected chi connectivity index (χ0v) is 11.7. The van der Waals surface area contributed by atoms with Gasteiger partial charge in [-0.3, -0.25) is 9.48 Å². The fraction of sp³-hybridized carbons (Fsp3) is 0.583. The van der Waals surface area contributed by atoms with Gasteiger partial charge in [-0.1, -0.05) is 0 Å². The molecule has 21 heavy (non-hydrogen) atoms. The van der Waals surface area contributed by atoms with Crippen LogP contribution in [0.3, 0.4) is 0 Å². The highest BCUT2D eigenvalue weighted by atomic mass is 19.4. The molecule has 0 aliphatic carbocycles. The molecule has 0 saturated carbocycles. The lowest BCUT2D eigenvalue weighted by atomic mass is 10.1. The maximum Gasteiger partial charge on any atom is 0.438 e. The number of hydrogen-bond donors (Lipinski definition) is 1. The molecule has 2 rings (SSSR count). The quantitative estimate of drug-likeness (QED) is 0.902. The lowest BCUT2D eigenvalue weighted by Gasteiger charge is -2.33. The van der Waals surface area contributed by atoms with Gasteiger partial charge in [0.2, 0.25) is 0 Å². The van der Waals surface area contributed by atoms with Crippen LogP contribution in [0.1, 0.15) is 31.9 Å². The van der Waals surface area contributed by atoms with Gasteiger partial charge < -0.3 is 5.11 Å². The van der Waals surface area contributed by atoms with Gasteiger partial charge in [0.15, 0.2) is 0 Å². The van der Waals surface area contributed by atoms with Crippen molar-refractivity contribution in [3.8, 4) is 0 Å². The molecule has 1 aliphatic heterocycles. The molecular formula is C12H15F3N4O2. The minimum atomic E-state index is -5.00. The Hall–Kier alpha value is -1.90. The average molecular weight is 304 g/mol. The summed E-state index contributed by atoms with van der Waals surface area (Å²) in [6.07, 6.45) is -2.74. The number of rotatable bonds is 2. The maximum atomic E-state index is 13.1. The summed E-state index contributed by atoms with van der Waals surface area (Å²) >= 11 is 0. The lowest BCUT2D eigenvalue weighted by Crippen LogP contribution is -2.57. The number of carbonyl (C=O) groups excluding carboxylic acids is 1. The van der Waals surface area contributed by atoms with Gasteiger partial charge >= 0.3 is 6.18 Å². The standard InChI is InChI=1S/C12H15F3N4O2/c1-7-5-16-18(6-7)9(3)10(20)19-11(21,12(13,14)15)4-8(2)17-19/h5-6,9,21H,4H2,1-3H3/t9-,11+/m1/s1. The fourth-order valence-corrected chi connectivity index (χ4v) is 2.11. The van der Waals surface area contributed by atoms with E-state index in [0.29, 0.717) is 0 Å². The van der Waals surface area contributed by atoms with Crippen molar-refractivity contribution < 1.29 is 23.1 Å². The largest absolute Gasteiger partial charge is 0.438 e. The molecule has 1 aromatic heterocycles. The Labute approximate surface area is 118 Å². The lowest BCUT2D eigenvalue weighted by molar-refractivity contribution is -0.303. The number of hydrogen-bond acceptors (Lipinski definition) is 4. The molecule has 0 saturated heterocycles. The molecule has 0 aromatic carbocycles. The van der Waals surface area contributed by atoms with Crippen LogP contribution in [0.4, 0.5) is 13.2 Å². The van der Waals surface area contributed by atoms with Crippen molar-refractivity contribution in [3.05, 3.63) is 18.0 Å². The van der Waals surface area contributed by atoms with E-state index in [4.69, 9.17) is 0 Å². The molecule has 1 aromatic rings. The topological polar surface area (TPSA) is 70.7 Å². The van der Waals surface area contributed by atoms with Gasteiger partial charge in [-0.25, -0.2) is 0 Å². The normalized spacial score (nSPS) is 24.1. The third kappa shape index (κ3) is 2.53. The van der Waals surface area contributed by atoms with E-state index in [1.165, 1.54) is 30.9 Å². The Morgan fingerprint density at radius 2 is 2.10 bits per heavy atom. The molecule has 0 fully saturated rings. The molecular weight excluding hydrogens is 289 g/mol. The SMILES string of the molecule is CC1=NN(C(=O)[C@@H](C)n2cc(C)cn2)[C@@](O)(C(F)(F)F)C1. The Kier molecular flexibility index (Phi) is 3.56. The highest BCUT2D eigenvalue weighted by Crippen LogP contribution is 2.41. The monoisotopic (exact) mass is 304 g/mol. The van der Waals surface area contributed by atoms with Gasteiger partial charge in [0, 0.05) is 18.3 Å². The van der Waals surface area contributed by atoms with E-state index in [2.05, 4.69) is 10.2 Å². The van der Waals surface area contributed by atoms with Gasteiger partial charge in [-0.05, 0) is 26.3 Å². The fourth-order valence-electron chi connectivity index (χ4n) is 2.11. The second-order valence-electron chi connectivity index (χ2n) is 5.15. The Morgan fingerprint density at radius 3 is 2.57 bits per heavy atom. The smallest absolute Gasteiger partial charge is 0.362 e. The number of aliphatic hydroxyl groups is 1. The molecule has 1 aliphatic rings. The van der Waals surface area contributed by atoms with Gasteiger partial charge in [-0.2, -0.15) is 28.4 Å². The highest BCUT2D eigenvalue weighted by molar-refractivity contribution is 5.90. The number of amides is 1. The number of aryl methyl sites for hydroxylation is 1. The van der Waals surface area contributed by atoms with Crippen LogP contribution in [-0.2, 0) is 4.79 Å². The Morgan fingerprint density at radius 1 is 1.48 bits per heavy atom. The third-order valence-corrected chi connectivity index (χ3v) is 3.27. The van der Waals surface area contributed by atoms with Crippen LogP contribution >= 0.6 is 0 Å². The van der Waals surface area contributed by atoms with Crippen molar-refractivity contribution in [3.63, 3.8) is 0 Å². The van der Waals surface area contributed by atoms with Gasteiger partial charge in [0.05, 0.1) is 6.20 Å². The van der Waals surface area contributed by atoms with Gasteiger partial charge in [0.1, 0.15) is 6.04 Å². The van der Waals surface area contributed by atoms with Crippen LogP contribution in [0.2, 0.25) is 0 Å². The number of alkyl halides is 3. The zero-order valence-electron chi connectivity index (χ0n) is 11.7. The maximum absolute atomic E-state index is 13.1. The number of aromatic nitrogens is 2. The molecule has 2 heterocycles. The molecule has 0 bridgehead atoms. The van der Waals surface area contributed by atoms with Crippen molar-refractivity contribution in [2.24, 2.45) is 5.10 Å². The van der Waals surface area contributed by atoms with Crippen molar-refractivity contribution in [1.82, 2.24) is 14.8 Å². The van der Waals surface area contributed by atoms with Crippen molar-refractivity contribution in [2.45, 2.75) is 45.1 Å². The molecule has 0 unspecified atom stereocenters. The molecule has 2 atom stereocenters. The minimum Gasteiger partial charge on any atom is -0.362 e. The summed E-state index contributed by atoms with van der Waals surface area (Å²) in [5.41, 5.74) is -2.50. The summed E-state index contributed by atoms with van der Waals surface area (Å²) in [7, 11) is 0. The molecule has 1 amide bonds. The van der Waals surface area contributed by atoms with Crippen LogP contribution < -0.4 is 0 Å². The third-order valence-electron chi connectivity index (χ3n) is 3.27. The average Bonchev–Trinajstić information content (AvgIpc) is 2.91. The van der Waals surface area contributed by atoms with Crippen LogP contribution in [0.15, 0.2) is 17.5 Å². The number of hydrazone groups is 1. The van der Waals surface area contributed by atoms with Gasteiger partial charge in [-0.15, -0.1) is 0 Å². The Balaban J connectivity index is 2.32. The first-order valence-corrected chi connectivity index (χ1v) is 6.24. The summed E-state index contributed by atoms with van der Waals surface area (Å²) in [6, 6.07) is -1.01. The molecule has 0 radical (unpaired) electrons. The van der Waals surface area contributed by atoms with Crippen molar-refractivity contribution in [1.29, 1.82) is 0 Å². The van der Waals surface area contributed by atoms with E-state index in [9.17, 15) is 23.1 Å². The summed E-state index contributed by atoms with van der Waals surface area (Å²) in [6.45, 7) is 4.46. The van der Waals surface area contributed by atoms with Gasteiger partial charge in [0.25, 0.3) is 11.6 Å². The number of halogens is 3. The van der Waals surface area contributed by atoms with E-state index in [-0.39, 0.29) is 10.7 Å². The predicted octanol–water partition coefficient (Wildman–Crippen LogP) is 1.61. The summed E-state index contributed by atoms with van der Waals surface area (Å²) in [5.74, 6) is -0.977. The van der Waals surface area contributed by atoms with Crippen LogP contribution in [0.5, 0.6) is 0 Å². The van der Waals surface area contributed by atoms with Crippen LogP contribution in [-0.4, -0.2) is 43.4 Å². The van der Waals surface area contributed by atoms with E-state index < -0.39 is 30.3 Å². The molecule has 9 heteroatoms. The second kappa shape index (κ2) is 4.83. The molecule has 116 valence electrons. The first-order valence-electron chi connectivity index (χ1n) is 6.24. The first kappa shape index (κ1) is 15.5. The minimum absolute atomic E-state index is 0.0343. The van der Waals surface area contributed by atoms with E-state index in [1.807, 2.05) is 0 Å². The second-order valence-corrected chi connectivity index (χ2v) is 5.15. The Bertz CT molecular complexity index is 596. The molecule has 6 nitrogen and oxygen atoms in total. The van der Waals surface area contributed by atoms with E-state index >= 15 is 0 Å².